The highest BCUT2D eigenvalue weighted by Gasteiger charge is 2.42. The normalized spacial score (nSPS) is 20.0. The second kappa shape index (κ2) is 12.6. The van der Waals surface area contributed by atoms with E-state index in [4.69, 9.17) is 23.9 Å². The van der Waals surface area contributed by atoms with E-state index in [1.165, 1.54) is 11.8 Å². The summed E-state index contributed by atoms with van der Waals surface area (Å²) >= 11 is 1.42. The fraction of sp³-hybridized carbons (Fsp3) is 0.367. The Morgan fingerprint density at radius 3 is 2.70 bits per heavy atom. The van der Waals surface area contributed by atoms with E-state index >= 15 is 0 Å². The van der Waals surface area contributed by atoms with Crippen molar-refractivity contribution in [2.24, 2.45) is 4.99 Å². The quantitative estimate of drug-likeness (QED) is 0.415. The molecule has 2 aromatic rings. The first-order valence-electron chi connectivity index (χ1n) is 13.2. The van der Waals surface area contributed by atoms with Crippen molar-refractivity contribution in [1.82, 2.24) is 10.2 Å². The minimum Gasteiger partial charge on any atom is -0.497 e. The van der Waals surface area contributed by atoms with Gasteiger partial charge in [-0.05, 0) is 48.9 Å². The first-order chi connectivity index (χ1) is 19.5. The van der Waals surface area contributed by atoms with Crippen LogP contribution in [0.5, 0.6) is 11.5 Å². The van der Waals surface area contributed by atoms with E-state index in [-0.39, 0.29) is 25.0 Å². The number of nitrogens with zero attached hydrogens (tertiary/aromatic N) is 2. The number of fused-ring (bicyclic) bond motifs is 1. The summed E-state index contributed by atoms with van der Waals surface area (Å²) in [6.45, 7) is 3.13. The van der Waals surface area contributed by atoms with Crippen LogP contribution >= 0.6 is 11.8 Å². The molecule has 1 saturated heterocycles. The lowest BCUT2D eigenvalue weighted by atomic mass is 9.92. The number of amidine groups is 1. The van der Waals surface area contributed by atoms with Gasteiger partial charge in [0.15, 0.2) is 5.17 Å². The number of ether oxygens (including phenoxy) is 4. The predicted molar refractivity (Wildman–Crippen MR) is 153 cm³/mol. The third-order valence-corrected chi connectivity index (χ3v) is 7.95. The van der Waals surface area contributed by atoms with Crippen LogP contribution in [0.4, 0.5) is 0 Å². The van der Waals surface area contributed by atoms with Gasteiger partial charge >= 0.3 is 5.97 Å². The fourth-order valence-electron chi connectivity index (χ4n) is 5.04. The van der Waals surface area contributed by atoms with Gasteiger partial charge in [0.05, 0.1) is 44.1 Å². The number of thioether (sulfide) groups is 1. The van der Waals surface area contributed by atoms with E-state index in [1.807, 2.05) is 52.8 Å². The molecule has 0 bridgehead atoms. The van der Waals surface area contributed by atoms with Crippen molar-refractivity contribution < 1.29 is 28.5 Å². The number of carbonyl (C=O) groups excluding carboxylic acids is 2. The molecular weight excluding hydrogens is 530 g/mol. The van der Waals surface area contributed by atoms with Crippen LogP contribution in [-0.4, -0.2) is 55.4 Å². The van der Waals surface area contributed by atoms with E-state index in [9.17, 15) is 9.59 Å². The average Bonchev–Trinajstić information content (AvgIpc) is 3.64. The highest BCUT2D eigenvalue weighted by molar-refractivity contribution is 8.16. The van der Waals surface area contributed by atoms with E-state index in [1.54, 1.807) is 27.2 Å². The molecule has 1 fully saturated rings. The Balaban J connectivity index is 1.46. The number of nitrogens with one attached hydrogen (secondary N) is 1. The van der Waals surface area contributed by atoms with Gasteiger partial charge < -0.3 is 29.2 Å². The SMILES string of the molecule is COc1ccc(OC)c([C@@H]2C(C(=O)OCc3ccccc3)=C(C)N=C3SC=C(CC(=O)NC[C@H]4CCCO4)N32)c1. The van der Waals surface area contributed by atoms with Crippen molar-refractivity contribution in [3.8, 4) is 11.5 Å². The highest BCUT2D eigenvalue weighted by atomic mass is 32.2. The van der Waals surface area contributed by atoms with E-state index in [2.05, 4.69) is 5.32 Å². The second-order valence-corrected chi connectivity index (χ2v) is 10.5. The van der Waals surface area contributed by atoms with E-state index in [0.29, 0.717) is 40.0 Å². The minimum absolute atomic E-state index is 0.0494. The molecule has 0 radical (unpaired) electrons. The molecule has 1 amide bonds. The molecule has 210 valence electrons. The maximum absolute atomic E-state index is 13.7. The Kier molecular flexibility index (Phi) is 8.76. The summed E-state index contributed by atoms with van der Waals surface area (Å²) in [5.74, 6) is 0.575. The number of hydrogen-bond donors (Lipinski definition) is 1. The standard InChI is InChI=1S/C30H33N3O6S/c1-19-27(29(35)39-17-20-8-5-4-6-9-20)28(24-15-22(36-2)11-12-25(24)37-3)33-21(18-40-30(33)32-19)14-26(34)31-16-23-10-7-13-38-23/h4-6,8-9,11-12,15,18,23,28H,7,10,13-14,16-17H2,1-3H3,(H,31,34)/t23-,28-/m1/s1. The van der Waals surface area contributed by atoms with Crippen LogP contribution in [0.1, 0.15) is 43.4 Å². The van der Waals surface area contributed by atoms with Crippen molar-refractivity contribution in [3.05, 3.63) is 82.0 Å². The van der Waals surface area contributed by atoms with Crippen LogP contribution in [0.15, 0.2) is 75.9 Å². The zero-order valence-corrected chi connectivity index (χ0v) is 23.7. The number of carbonyl (C=O) groups is 2. The first kappa shape index (κ1) is 27.8. The molecule has 0 unspecified atom stereocenters. The Morgan fingerprint density at radius 1 is 1.15 bits per heavy atom. The van der Waals surface area contributed by atoms with Gasteiger partial charge in [-0.25, -0.2) is 9.79 Å². The monoisotopic (exact) mass is 563 g/mol. The summed E-state index contributed by atoms with van der Waals surface area (Å²) in [5, 5.41) is 5.58. The van der Waals surface area contributed by atoms with E-state index in [0.717, 1.165) is 30.7 Å². The average molecular weight is 564 g/mol. The lowest BCUT2D eigenvalue weighted by Crippen LogP contribution is -2.39. The molecular formula is C30H33N3O6S. The maximum atomic E-state index is 13.7. The first-order valence-corrected chi connectivity index (χ1v) is 14.1. The Hall–Kier alpha value is -3.76. The van der Waals surface area contributed by atoms with Crippen LogP contribution in [0.3, 0.4) is 0 Å². The number of methoxy groups -OCH3 is 2. The topological polar surface area (TPSA) is 98.7 Å². The van der Waals surface area contributed by atoms with Gasteiger partial charge in [0.1, 0.15) is 18.1 Å². The molecule has 2 aromatic carbocycles. The summed E-state index contributed by atoms with van der Waals surface area (Å²) in [6, 6.07) is 14.3. The molecule has 40 heavy (non-hydrogen) atoms. The predicted octanol–water partition coefficient (Wildman–Crippen LogP) is 4.71. The van der Waals surface area contributed by atoms with Crippen molar-refractivity contribution in [1.29, 1.82) is 0 Å². The Labute approximate surface area is 238 Å². The molecule has 5 rings (SSSR count). The number of amides is 1. The largest absolute Gasteiger partial charge is 0.497 e. The molecule has 0 aromatic heterocycles. The number of esters is 1. The number of rotatable bonds is 10. The molecule has 0 saturated carbocycles. The molecule has 0 spiro atoms. The smallest absolute Gasteiger partial charge is 0.338 e. The molecule has 0 aliphatic carbocycles. The fourth-order valence-corrected chi connectivity index (χ4v) is 6.00. The van der Waals surface area contributed by atoms with E-state index < -0.39 is 12.0 Å². The molecule has 3 heterocycles. The van der Waals surface area contributed by atoms with Crippen molar-refractivity contribution >= 4 is 28.8 Å². The van der Waals surface area contributed by atoms with Crippen LogP contribution in [0, 0.1) is 0 Å². The lowest BCUT2D eigenvalue weighted by Gasteiger charge is -2.37. The van der Waals surface area contributed by atoms with Crippen molar-refractivity contribution in [2.45, 2.75) is 44.9 Å². The maximum Gasteiger partial charge on any atom is 0.338 e. The Bertz CT molecular complexity index is 1350. The Morgan fingerprint density at radius 2 is 1.98 bits per heavy atom. The van der Waals surface area contributed by atoms with Gasteiger partial charge in [0.2, 0.25) is 5.91 Å². The number of aliphatic imine (C=N–C) groups is 1. The highest BCUT2D eigenvalue weighted by Crippen LogP contribution is 2.47. The van der Waals surface area contributed by atoms with Crippen LogP contribution in [0.2, 0.25) is 0 Å². The summed E-state index contributed by atoms with van der Waals surface area (Å²) in [7, 11) is 3.17. The van der Waals surface area contributed by atoms with Crippen LogP contribution in [-0.2, 0) is 25.7 Å². The lowest BCUT2D eigenvalue weighted by molar-refractivity contribution is -0.141. The number of allylic oxidation sites excluding steroid dienone is 1. The minimum atomic E-state index is -0.645. The van der Waals surface area contributed by atoms with Crippen molar-refractivity contribution in [2.75, 3.05) is 27.4 Å². The van der Waals surface area contributed by atoms with Gasteiger partial charge in [0, 0.05) is 24.4 Å². The molecule has 3 aliphatic heterocycles. The molecule has 2 atom stereocenters. The summed E-state index contributed by atoms with van der Waals surface area (Å²) in [5.41, 5.74) is 3.23. The third kappa shape index (κ3) is 6.03. The summed E-state index contributed by atoms with van der Waals surface area (Å²) in [6.07, 6.45) is 2.12. The second-order valence-electron chi connectivity index (χ2n) is 9.68. The van der Waals surface area contributed by atoms with Gasteiger partial charge in [0.25, 0.3) is 0 Å². The third-order valence-electron chi connectivity index (χ3n) is 7.06. The van der Waals surface area contributed by atoms with Gasteiger partial charge in [-0.15, -0.1) is 0 Å². The van der Waals surface area contributed by atoms with Gasteiger partial charge in [-0.2, -0.15) is 0 Å². The summed E-state index contributed by atoms with van der Waals surface area (Å²) < 4.78 is 22.7. The van der Waals surface area contributed by atoms with Crippen LogP contribution < -0.4 is 14.8 Å². The summed E-state index contributed by atoms with van der Waals surface area (Å²) in [4.78, 5) is 33.4. The number of benzene rings is 2. The van der Waals surface area contributed by atoms with Gasteiger partial charge in [-0.1, -0.05) is 42.1 Å². The number of hydrogen-bond acceptors (Lipinski definition) is 9. The molecule has 10 heteroatoms. The van der Waals surface area contributed by atoms with Gasteiger partial charge in [-0.3, -0.25) is 4.79 Å². The molecule has 3 aliphatic rings. The van der Waals surface area contributed by atoms with Crippen LogP contribution in [0.25, 0.3) is 0 Å². The zero-order valence-electron chi connectivity index (χ0n) is 22.8. The van der Waals surface area contributed by atoms with Crippen molar-refractivity contribution in [3.63, 3.8) is 0 Å². The molecule has 1 N–H and O–H groups in total. The zero-order chi connectivity index (χ0) is 28.1. The molecule has 9 nitrogen and oxygen atoms in total.